The number of aromatic nitrogens is 2. The van der Waals surface area contributed by atoms with Gasteiger partial charge in [-0.25, -0.2) is 4.98 Å². The van der Waals surface area contributed by atoms with E-state index in [0.29, 0.717) is 34.3 Å². The van der Waals surface area contributed by atoms with Gasteiger partial charge in [0.05, 0.1) is 40.0 Å². The number of rotatable bonds is 10. The van der Waals surface area contributed by atoms with Crippen LogP contribution in [0.5, 0.6) is 0 Å². The molecule has 1 aliphatic carbocycles. The van der Waals surface area contributed by atoms with Crippen molar-refractivity contribution >= 4 is 68.2 Å². The van der Waals surface area contributed by atoms with E-state index in [2.05, 4.69) is 37.9 Å². The van der Waals surface area contributed by atoms with Crippen molar-refractivity contribution in [1.29, 1.82) is 0 Å². The molecular weight excluding hydrogens is 741 g/mol. The van der Waals surface area contributed by atoms with Crippen LogP contribution in [0, 0.1) is 0 Å². The summed E-state index contributed by atoms with van der Waals surface area (Å²) in [7, 11) is 0. The summed E-state index contributed by atoms with van der Waals surface area (Å²) in [4.78, 5) is 43.2. The Morgan fingerprint density at radius 1 is 0.679 bits per heavy atom. The highest BCUT2D eigenvalue weighted by atomic mass is 35.5. The van der Waals surface area contributed by atoms with Gasteiger partial charge in [0, 0.05) is 77.2 Å². The lowest BCUT2D eigenvalue weighted by Crippen LogP contribution is -2.48. The summed E-state index contributed by atoms with van der Waals surface area (Å²) in [6.07, 6.45) is 0.733. The Bertz CT molecular complexity index is 2580. The number of carbonyl (C=O) groups is 2. The topological polar surface area (TPSA) is 86.1 Å². The highest BCUT2D eigenvalue weighted by molar-refractivity contribution is 6.31. The minimum Gasteiger partial charge on any atom is -0.354 e. The number of anilines is 2. The zero-order valence-electron chi connectivity index (χ0n) is 30.7. The molecule has 5 aromatic carbocycles. The van der Waals surface area contributed by atoms with Crippen LogP contribution >= 0.6 is 23.2 Å². The van der Waals surface area contributed by atoms with Gasteiger partial charge in [-0.05, 0) is 103 Å². The molecule has 1 fully saturated rings. The van der Waals surface area contributed by atoms with Crippen LogP contribution in [0.25, 0.3) is 38.9 Å². The molecule has 0 spiro atoms. The maximum atomic E-state index is 13.3. The van der Waals surface area contributed by atoms with E-state index in [9.17, 15) is 9.59 Å². The molecule has 5 aromatic rings. The second-order valence-electron chi connectivity index (χ2n) is 14.3. The SMILES string of the molecule is O=C1c2cccc3cccc(c23)C(=O)N1CCCN1CCN(CCN=c2cc3n(-c4ccc(Cl)cc4)c4ccccc4nc-3cc2Nc2ccc(Cl)cc2)CC1. The minimum absolute atomic E-state index is 0.199. The molecule has 0 radical (unpaired) electrons. The van der Waals surface area contributed by atoms with Gasteiger partial charge in [-0.1, -0.05) is 59.6 Å². The Labute approximate surface area is 334 Å². The number of para-hydroxylation sites is 2. The number of nitrogens with one attached hydrogen (secondary N) is 1. The van der Waals surface area contributed by atoms with Crippen molar-refractivity contribution in [3.63, 3.8) is 0 Å². The number of imide groups is 1. The first-order valence-corrected chi connectivity index (χ1v) is 19.7. The average Bonchev–Trinajstić information content (AvgIpc) is 3.22. The molecule has 280 valence electrons. The molecule has 0 saturated carbocycles. The number of hydrogen-bond donors (Lipinski definition) is 1. The molecule has 0 atom stereocenters. The van der Waals surface area contributed by atoms with E-state index in [1.165, 1.54) is 4.90 Å². The third-order valence-electron chi connectivity index (χ3n) is 10.8. The molecule has 9 nitrogen and oxygen atoms in total. The Kier molecular flexibility index (Phi) is 10.00. The quantitative estimate of drug-likeness (QED) is 0.111. The number of hydrogen-bond acceptors (Lipinski definition) is 7. The molecule has 3 aliphatic heterocycles. The van der Waals surface area contributed by atoms with Crippen LogP contribution in [0.4, 0.5) is 11.4 Å². The summed E-state index contributed by atoms with van der Waals surface area (Å²) in [5.74, 6) is -0.398. The number of nitrogens with zero attached hydrogens (tertiary/aromatic N) is 6. The molecule has 1 N–H and O–H groups in total. The van der Waals surface area contributed by atoms with Crippen LogP contribution in [0.2, 0.25) is 10.0 Å². The van der Waals surface area contributed by atoms with Crippen molar-refractivity contribution in [2.24, 2.45) is 4.99 Å². The maximum absolute atomic E-state index is 13.3. The third kappa shape index (κ3) is 7.15. The van der Waals surface area contributed by atoms with E-state index in [4.69, 9.17) is 33.2 Å². The lowest BCUT2D eigenvalue weighted by atomic mass is 9.94. The van der Waals surface area contributed by atoms with Crippen LogP contribution in [-0.2, 0) is 0 Å². The van der Waals surface area contributed by atoms with Crippen molar-refractivity contribution in [1.82, 2.24) is 24.3 Å². The van der Waals surface area contributed by atoms with E-state index >= 15 is 0 Å². The zero-order valence-corrected chi connectivity index (χ0v) is 32.2. The first-order valence-electron chi connectivity index (χ1n) is 19.0. The summed E-state index contributed by atoms with van der Waals surface area (Å²) in [6.45, 7) is 6.36. The van der Waals surface area contributed by atoms with Gasteiger partial charge in [-0.2, -0.15) is 0 Å². The smallest absolute Gasteiger partial charge is 0.261 e. The average molecular weight is 781 g/mol. The largest absolute Gasteiger partial charge is 0.354 e. The number of benzene rings is 6. The minimum atomic E-state index is -0.199. The fourth-order valence-corrected chi connectivity index (χ4v) is 8.17. The number of piperazine rings is 1. The summed E-state index contributed by atoms with van der Waals surface area (Å²) in [5.41, 5.74) is 7.62. The van der Waals surface area contributed by atoms with E-state index in [0.717, 1.165) is 101 Å². The fraction of sp³-hybridized carbons (Fsp3) is 0.200. The zero-order chi connectivity index (χ0) is 38.2. The third-order valence-corrected chi connectivity index (χ3v) is 11.3. The predicted molar refractivity (Wildman–Crippen MR) is 225 cm³/mol. The van der Waals surface area contributed by atoms with E-state index in [1.807, 2.05) is 103 Å². The monoisotopic (exact) mass is 779 g/mol. The summed E-state index contributed by atoms with van der Waals surface area (Å²) < 4.78 is 2.22. The van der Waals surface area contributed by atoms with Crippen molar-refractivity contribution in [3.05, 3.63) is 148 Å². The highest BCUT2D eigenvalue weighted by Gasteiger charge is 2.32. The number of carbonyl (C=O) groups excluding carboxylic acids is 2. The highest BCUT2D eigenvalue weighted by Crippen LogP contribution is 2.32. The normalized spacial score (nSPS) is 15.4. The Morgan fingerprint density at radius 3 is 2.02 bits per heavy atom. The molecule has 0 bridgehead atoms. The van der Waals surface area contributed by atoms with Crippen LogP contribution in [-0.4, -0.2) is 88.4 Å². The fourth-order valence-electron chi connectivity index (χ4n) is 7.91. The molecule has 4 aliphatic rings. The van der Waals surface area contributed by atoms with E-state index < -0.39 is 0 Å². The number of amides is 2. The Morgan fingerprint density at radius 2 is 1.32 bits per heavy atom. The summed E-state index contributed by atoms with van der Waals surface area (Å²) in [5, 5.41) is 7.46. The molecule has 2 amide bonds. The van der Waals surface area contributed by atoms with Gasteiger partial charge in [-0.3, -0.25) is 24.4 Å². The standard InChI is InChI=1S/C45H39Cl2N7O2/c46-31-12-16-33(17-13-31)49-39-28-40-42(54(34-18-14-32(47)15-19-34)41-11-2-1-10-37(41)50-40)29-38(39)48-20-23-52-26-24-51(25-27-52)21-5-22-53-44(55)35-8-3-6-30-7-4-9-36(43(30)35)45(53)56/h1-4,6-19,28-29,49H,5,20-27H2. The summed E-state index contributed by atoms with van der Waals surface area (Å²) in [6, 6.07) is 39.2. The van der Waals surface area contributed by atoms with Crippen LogP contribution in [0.3, 0.4) is 0 Å². The molecule has 9 rings (SSSR count). The second-order valence-corrected chi connectivity index (χ2v) is 15.2. The van der Waals surface area contributed by atoms with E-state index in [1.54, 1.807) is 0 Å². The second kappa shape index (κ2) is 15.5. The van der Waals surface area contributed by atoms with Gasteiger partial charge in [-0.15, -0.1) is 0 Å². The predicted octanol–water partition coefficient (Wildman–Crippen LogP) is 8.54. The molecule has 1 saturated heterocycles. The number of fused-ring (bicyclic) bond motifs is 2. The number of halogens is 2. The van der Waals surface area contributed by atoms with Gasteiger partial charge in [0.25, 0.3) is 11.8 Å². The summed E-state index contributed by atoms with van der Waals surface area (Å²) >= 11 is 12.5. The lowest BCUT2D eigenvalue weighted by Gasteiger charge is -2.35. The Balaban J connectivity index is 0.897. The first-order chi connectivity index (χ1) is 27.4. The molecule has 0 aromatic heterocycles. The van der Waals surface area contributed by atoms with Crippen LogP contribution in [0.1, 0.15) is 27.1 Å². The molecule has 3 heterocycles. The molecule has 0 unspecified atom stereocenters. The van der Waals surface area contributed by atoms with Gasteiger partial charge in [0.15, 0.2) is 0 Å². The molecular formula is C45H39Cl2N7O2. The molecule has 11 heteroatoms. The van der Waals surface area contributed by atoms with Crippen molar-refractivity contribution in [2.75, 3.05) is 57.7 Å². The van der Waals surface area contributed by atoms with Crippen molar-refractivity contribution < 1.29 is 9.59 Å². The van der Waals surface area contributed by atoms with Crippen LogP contribution in [0.15, 0.2) is 126 Å². The van der Waals surface area contributed by atoms with Gasteiger partial charge in [0.2, 0.25) is 0 Å². The molecule has 56 heavy (non-hydrogen) atoms. The van der Waals surface area contributed by atoms with Gasteiger partial charge in [0.1, 0.15) is 0 Å². The lowest BCUT2D eigenvalue weighted by molar-refractivity contribution is 0.0598. The van der Waals surface area contributed by atoms with E-state index in [-0.39, 0.29) is 11.8 Å². The van der Waals surface area contributed by atoms with Gasteiger partial charge < -0.3 is 14.8 Å². The van der Waals surface area contributed by atoms with Crippen LogP contribution < -0.4 is 10.7 Å². The Hall–Kier alpha value is -5.58. The first kappa shape index (κ1) is 36.1. The maximum Gasteiger partial charge on any atom is 0.261 e. The van der Waals surface area contributed by atoms with Gasteiger partial charge >= 0.3 is 0 Å². The van der Waals surface area contributed by atoms with Crippen molar-refractivity contribution in [2.45, 2.75) is 6.42 Å². The van der Waals surface area contributed by atoms with Crippen molar-refractivity contribution in [3.8, 4) is 17.1 Å².